The Kier molecular flexibility index (Phi) is 7.12. The Labute approximate surface area is 162 Å². The number of hydrazone groups is 1. The molecule has 0 unspecified atom stereocenters. The molecule has 0 saturated heterocycles. The van der Waals surface area contributed by atoms with E-state index in [0.717, 1.165) is 24.3 Å². The fourth-order valence-electron chi connectivity index (χ4n) is 1.91. The lowest BCUT2D eigenvalue weighted by atomic mass is 10.2. The standard InChI is InChI=1S/C18H15F4N3O4/c19-17(20)18(21,22)29-14-7-3-12(4-8-14)16(27)25-24-9-11-1-5-13(6-2-11)28-10-15(23)26/h1-9,17H,10H2,(H2,23,26)(H,25,27)/b24-9+. The Morgan fingerprint density at radius 3 is 2.21 bits per heavy atom. The first kappa shape index (κ1) is 21.7. The number of amides is 2. The SMILES string of the molecule is NC(=O)COc1ccc(/C=N/NC(=O)c2ccc(OC(F)(F)C(F)F)cc2)cc1. The maximum atomic E-state index is 12.8. The van der Waals surface area contributed by atoms with Gasteiger partial charge in [-0.25, -0.2) is 5.43 Å². The van der Waals surface area contributed by atoms with Gasteiger partial charge in [-0.2, -0.15) is 22.7 Å². The van der Waals surface area contributed by atoms with Gasteiger partial charge >= 0.3 is 12.5 Å². The van der Waals surface area contributed by atoms with E-state index >= 15 is 0 Å². The second kappa shape index (κ2) is 9.53. The smallest absolute Gasteiger partial charge is 0.461 e. The minimum atomic E-state index is -4.63. The van der Waals surface area contributed by atoms with Crippen LogP contribution in [0.25, 0.3) is 0 Å². The zero-order valence-electron chi connectivity index (χ0n) is 14.7. The van der Waals surface area contributed by atoms with Crippen LogP contribution in [0.2, 0.25) is 0 Å². The molecule has 0 aliphatic rings. The molecule has 0 fully saturated rings. The van der Waals surface area contributed by atoms with Gasteiger partial charge in [-0.1, -0.05) is 0 Å². The molecule has 0 aromatic heterocycles. The van der Waals surface area contributed by atoms with Crippen LogP contribution in [-0.2, 0) is 4.79 Å². The minimum Gasteiger partial charge on any atom is -0.484 e. The van der Waals surface area contributed by atoms with Crippen LogP contribution in [0.1, 0.15) is 15.9 Å². The van der Waals surface area contributed by atoms with Crippen LogP contribution in [0.5, 0.6) is 11.5 Å². The number of benzene rings is 2. The van der Waals surface area contributed by atoms with E-state index in [0.29, 0.717) is 11.3 Å². The third-order valence-corrected chi connectivity index (χ3v) is 3.27. The molecule has 0 atom stereocenters. The van der Waals surface area contributed by atoms with Crippen molar-refractivity contribution in [3.8, 4) is 11.5 Å². The lowest BCUT2D eigenvalue weighted by Crippen LogP contribution is -2.33. The van der Waals surface area contributed by atoms with Gasteiger partial charge in [0.2, 0.25) is 0 Å². The third kappa shape index (κ3) is 6.79. The van der Waals surface area contributed by atoms with E-state index in [9.17, 15) is 27.2 Å². The summed E-state index contributed by atoms with van der Waals surface area (Å²) in [5.41, 5.74) is 7.83. The van der Waals surface area contributed by atoms with Crippen molar-refractivity contribution in [2.45, 2.75) is 12.5 Å². The van der Waals surface area contributed by atoms with Crippen molar-refractivity contribution in [2.75, 3.05) is 6.61 Å². The lowest BCUT2D eigenvalue weighted by molar-refractivity contribution is -0.253. The molecular weight excluding hydrogens is 398 g/mol. The molecule has 0 spiro atoms. The Morgan fingerprint density at radius 2 is 1.66 bits per heavy atom. The number of halogens is 4. The van der Waals surface area contributed by atoms with Gasteiger partial charge in [-0.05, 0) is 54.1 Å². The first-order valence-electron chi connectivity index (χ1n) is 7.97. The van der Waals surface area contributed by atoms with Crippen molar-refractivity contribution >= 4 is 18.0 Å². The van der Waals surface area contributed by atoms with E-state index in [2.05, 4.69) is 15.3 Å². The first-order chi connectivity index (χ1) is 13.7. The molecule has 2 amide bonds. The summed E-state index contributed by atoms with van der Waals surface area (Å²) in [7, 11) is 0. The average Bonchev–Trinajstić information content (AvgIpc) is 2.67. The summed E-state index contributed by atoms with van der Waals surface area (Å²) in [5, 5.41) is 3.74. The first-order valence-corrected chi connectivity index (χ1v) is 7.97. The minimum absolute atomic E-state index is 0.0464. The highest BCUT2D eigenvalue weighted by Gasteiger charge is 2.43. The summed E-state index contributed by atoms with van der Waals surface area (Å²) >= 11 is 0. The fourth-order valence-corrected chi connectivity index (χ4v) is 1.91. The topological polar surface area (TPSA) is 103 Å². The van der Waals surface area contributed by atoms with Crippen molar-refractivity contribution in [1.82, 2.24) is 5.43 Å². The number of nitrogens with one attached hydrogen (secondary N) is 1. The third-order valence-electron chi connectivity index (χ3n) is 3.27. The van der Waals surface area contributed by atoms with Gasteiger partial charge in [0.15, 0.2) is 6.61 Å². The van der Waals surface area contributed by atoms with E-state index < -0.39 is 30.1 Å². The molecule has 0 radical (unpaired) electrons. The van der Waals surface area contributed by atoms with Crippen LogP contribution in [0.3, 0.4) is 0 Å². The molecule has 2 aromatic carbocycles. The van der Waals surface area contributed by atoms with E-state index in [1.54, 1.807) is 24.3 Å². The van der Waals surface area contributed by atoms with Gasteiger partial charge in [0.1, 0.15) is 11.5 Å². The Bertz CT molecular complexity index is 872. The van der Waals surface area contributed by atoms with E-state index in [-0.39, 0.29) is 12.2 Å². The van der Waals surface area contributed by atoms with E-state index in [4.69, 9.17) is 10.5 Å². The van der Waals surface area contributed by atoms with Crippen LogP contribution < -0.4 is 20.6 Å². The van der Waals surface area contributed by atoms with Gasteiger partial charge in [0, 0.05) is 5.56 Å². The largest absolute Gasteiger partial charge is 0.484 e. The number of nitrogens with zero attached hydrogens (tertiary/aromatic N) is 1. The molecular formula is C18H15F4N3O4. The van der Waals surface area contributed by atoms with Crippen molar-refractivity contribution in [1.29, 1.82) is 0 Å². The normalized spacial score (nSPS) is 11.5. The average molecular weight is 413 g/mol. The number of hydrogen-bond acceptors (Lipinski definition) is 5. The van der Waals surface area contributed by atoms with Crippen LogP contribution in [0.4, 0.5) is 17.6 Å². The van der Waals surface area contributed by atoms with Gasteiger partial charge in [0.25, 0.3) is 11.8 Å². The zero-order chi connectivity index (χ0) is 21.4. The number of primary amides is 1. The lowest BCUT2D eigenvalue weighted by Gasteiger charge is -2.16. The molecule has 0 saturated carbocycles. The van der Waals surface area contributed by atoms with E-state index in [1.807, 2.05) is 0 Å². The number of hydrogen-bond donors (Lipinski definition) is 2. The fraction of sp³-hybridized carbons (Fsp3) is 0.167. The molecule has 154 valence electrons. The number of carbonyl (C=O) groups excluding carboxylic acids is 2. The number of alkyl halides is 4. The van der Waals surface area contributed by atoms with Gasteiger partial charge in [-0.15, -0.1) is 0 Å². The summed E-state index contributed by atoms with van der Waals surface area (Å²) in [6.07, 6.45) is -7.28. The summed E-state index contributed by atoms with van der Waals surface area (Å²) in [5.74, 6) is -1.37. The van der Waals surface area contributed by atoms with E-state index in [1.165, 1.54) is 6.21 Å². The van der Waals surface area contributed by atoms with Crippen molar-refractivity contribution in [3.05, 3.63) is 59.7 Å². The van der Waals surface area contributed by atoms with Gasteiger partial charge in [-0.3, -0.25) is 9.59 Å². The molecule has 0 aliphatic heterocycles. The second-order valence-corrected chi connectivity index (χ2v) is 5.51. The predicted octanol–water partition coefficient (Wildman–Crippen LogP) is 2.55. The summed E-state index contributed by atoms with van der Waals surface area (Å²) in [6, 6.07) is 10.5. The number of ether oxygens (including phenoxy) is 2. The molecule has 11 heteroatoms. The van der Waals surface area contributed by atoms with Gasteiger partial charge in [0.05, 0.1) is 6.21 Å². The predicted molar refractivity (Wildman–Crippen MR) is 94.2 cm³/mol. The van der Waals surface area contributed by atoms with Crippen LogP contribution in [-0.4, -0.2) is 37.2 Å². The van der Waals surface area contributed by atoms with Crippen molar-refractivity contribution in [3.63, 3.8) is 0 Å². The molecule has 7 nitrogen and oxygen atoms in total. The van der Waals surface area contributed by atoms with Crippen molar-refractivity contribution < 1.29 is 36.6 Å². The second-order valence-electron chi connectivity index (χ2n) is 5.51. The molecule has 2 aromatic rings. The highest BCUT2D eigenvalue weighted by atomic mass is 19.3. The van der Waals surface area contributed by atoms with Crippen LogP contribution in [0.15, 0.2) is 53.6 Å². The Balaban J connectivity index is 1.89. The monoisotopic (exact) mass is 413 g/mol. The molecule has 0 aliphatic carbocycles. The maximum absolute atomic E-state index is 12.8. The molecule has 29 heavy (non-hydrogen) atoms. The summed E-state index contributed by atoms with van der Waals surface area (Å²) in [4.78, 5) is 22.6. The highest BCUT2D eigenvalue weighted by Crippen LogP contribution is 2.27. The number of carbonyl (C=O) groups is 2. The van der Waals surface area contributed by atoms with Crippen molar-refractivity contribution in [2.24, 2.45) is 10.8 Å². The Morgan fingerprint density at radius 1 is 1.07 bits per heavy atom. The van der Waals surface area contributed by atoms with Gasteiger partial charge < -0.3 is 15.2 Å². The molecule has 2 rings (SSSR count). The maximum Gasteiger partial charge on any atom is 0.461 e. The number of nitrogens with two attached hydrogens (primary N) is 1. The number of rotatable bonds is 9. The summed E-state index contributed by atoms with van der Waals surface area (Å²) in [6.45, 7) is -0.257. The molecule has 0 heterocycles. The van der Waals surface area contributed by atoms with Crippen LogP contribution >= 0.6 is 0 Å². The zero-order valence-corrected chi connectivity index (χ0v) is 14.7. The Hall–Kier alpha value is -3.63. The summed E-state index contributed by atoms with van der Waals surface area (Å²) < 4.78 is 58.8. The highest BCUT2D eigenvalue weighted by molar-refractivity contribution is 5.95. The molecule has 0 bridgehead atoms. The quantitative estimate of drug-likeness (QED) is 0.375. The molecule has 3 N–H and O–H groups in total. The van der Waals surface area contributed by atoms with Crippen LogP contribution in [0, 0.1) is 0 Å².